The van der Waals surface area contributed by atoms with Gasteiger partial charge in [0.2, 0.25) is 0 Å². The molecule has 0 spiro atoms. The lowest BCUT2D eigenvalue weighted by atomic mass is 10.1. The highest BCUT2D eigenvalue weighted by Gasteiger charge is 2.07. The highest BCUT2D eigenvalue weighted by atomic mass is 127. The first-order valence-corrected chi connectivity index (χ1v) is 4.55. The normalized spacial score (nSPS) is 9.00. The molecule has 0 aliphatic carbocycles. The van der Waals surface area contributed by atoms with Gasteiger partial charge in [0.05, 0.1) is 18.2 Å². The zero-order valence-electron chi connectivity index (χ0n) is 6.87. The molecule has 0 heterocycles. The fraction of sp³-hybridized carbons (Fsp3) is 0.111. The Morgan fingerprint density at radius 3 is 2.85 bits per heavy atom. The SMILES string of the molecule is COC(=O)c1ccc(I)c(C#N)c1. The van der Waals surface area contributed by atoms with Gasteiger partial charge in [-0.15, -0.1) is 0 Å². The Hall–Kier alpha value is -1.09. The van der Waals surface area contributed by atoms with Crippen LogP contribution in [0.2, 0.25) is 0 Å². The van der Waals surface area contributed by atoms with E-state index in [9.17, 15) is 4.79 Å². The molecule has 3 nitrogen and oxygen atoms in total. The lowest BCUT2D eigenvalue weighted by Crippen LogP contribution is -2.01. The third kappa shape index (κ3) is 2.18. The van der Waals surface area contributed by atoms with Crippen LogP contribution in [-0.4, -0.2) is 13.1 Å². The first kappa shape index (κ1) is 9.99. The first-order valence-electron chi connectivity index (χ1n) is 3.47. The van der Waals surface area contributed by atoms with E-state index in [4.69, 9.17) is 5.26 Å². The zero-order valence-corrected chi connectivity index (χ0v) is 9.03. The van der Waals surface area contributed by atoms with Crippen LogP contribution in [0.15, 0.2) is 18.2 Å². The lowest BCUT2D eigenvalue weighted by Gasteiger charge is -2.00. The number of halogens is 1. The molecule has 0 aliphatic rings. The molecule has 0 radical (unpaired) electrons. The number of carbonyl (C=O) groups excluding carboxylic acids is 1. The molecular weight excluding hydrogens is 281 g/mol. The van der Waals surface area contributed by atoms with Gasteiger partial charge in [-0.3, -0.25) is 0 Å². The summed E-state index contributed by atoms with van der Waals surface area (Å²) in [7, 11) is 1.31. The standard InChI is InChI=1S/C9H6INO2/c1-13-9(12)6-2-3-8(10)7(4-6)5-11/h2-4H,1H3. The van der Waals surface area contributed by atoms with Gasteiger partial charge in [-0.1, -0.05) is 0 Å². The number of methoxy groups -OCH3 is 1. The van der Waals surface area contributed by atoms with Crippen LogP contribution in [0.4, 0.5) is 0 Å². The summed E-state index contributed by atoms with van der Waals surface area (Å²) in [4.78, 5) is 11.1. The Morgan fingerprint density at radius 2 is 2.31 bits per heavy atom. The molecule has 0 unspecified atom stereocenters. The van der Waals surface area contributed by atoms with Gasteiger partial charge in [0.15, 0.2) is 0 Å². The molecule has 0 bridgehead atoms. The molecule has 1 aromatic rings. The van der Waals surface area contributed by atoms with Crippen LogP contribution >= 0.6 is 22.6 Å². The highest BCUT2D eigenvalue weighted by molar-refractivity contribution is 14.1. The minimum atomic E-state index is -0.423. The third-order valence-corrected chi connectivity index (χ3v) is 2.45. The van der Waals surface area contributed by atoms with Gasteiger partial charge in [-0.2, -0.15) is 5.26 Å². The van der Waals surface area contributed by atoms with E-state index in [1.807, 2.05) is 28.7 Å². The second kappa shape index (κ2) is 4.23. The maximum atomic E-state index is 11.1. The van der Waals surface area contributed by atoms with Crippen molar-refractivity contribution in [1.82, 2.24) is 0 Å². The van der Waals surface area contributed by atoms with Gasteiger partial charge < -0.3 is 4.74 Å². The molecule has 0 aromatic heterocycles. The van der Waals surface area contributed by atoms with Crippen molar-refractivity contribution < 1.29 is 9.53 Å². The van der Waals surface area contributed by atoms with Crippen molar-refractivity contribution in [2.45, 2.75) is 0 Å². The molecule has 4 heteroatoms. The Balaban J connectivity index is 3.15. The quantitative estimate of drug-likeness (QED) is 0.586. The van der Waals surface area contributed by atoms with Crippen LogP contribution in [-0.2, 0) is 4.74 Å². The number of esters is 1. The minimum absolute atomic E-state index is 0.402. The average molecular weight is 287 g/mol. The number of nitrogens with zero attached hydrogens (tertiary/aromatic N) is 1. The van der Waals surface area contributed by atoms with E-state index >= 15 is 0 Å². The smallest absolute Gasteiger partial charge is 0.337 e. The minimum Gasteiger partial charge on any atom is -0.465 e. The van der Waals surface area contributed by atoms with Crippen molar-refractivity contribution in [2.24, 2.45) is 0 Å². The van der Waals surface area contributed by atoms with Crippen molar-refractivity contribution in [3.05, 3.63) is 32.9 Å². The molecule has 0 saturated heterocycles. The monoisotopic (exact) mass is 287 g/mol. The third-order valence-electron chi connectivity index (χ3n) is 1.51. The molecule has 0 saturated carbocycles. The highest BCUT2D eigenvalue weighted by Crippen LogP contribution is 2.13. The summed E-state index contributed by atoms with van der Waals surface area (Å²) >= 11 is 2.04. The average Bonchev–Trinajstić information content (AvgIpc) is 2.17. The van der Waals surface area contributed by atoms with Crippen LogP contribution in [0.5, 0.6) is 0 Å². The van der Waals surface area contributed by atoms with E-state index in [0.29, 0.717) is 11.1 Å². The molecule has 13 heavy (non-hydrogen) atoms. The Bertz CT molecular complexity index is 382. The Kier molecular flexibility index (Phi) is 3.25. The van der Waals surface area contributed by atoms with Crippen molar-refractivity contribution in [3.8, 4) is 6.07 Å². The second-order valence-electron chi connectivity index (χ2n) is 2.30. The van der Waals surface area contributed by atoms with Crippen molar-refractivity contribution in [2.75, 3.05) is 7.11 Å². The molecule has 0 aliphatic heterocycles. The van der Waals surface area contributed by atoms with Gasteiger partial charge in [0.1, 0.15) is 6.07 Å². The summed E-state index contributed by atoms with van der Waals surface area (Å²) < 4.78 is 5.35. The summed E-state index contributed by atoms with van der Waals surface area (Å²) in [5, 5.41) is 8.69. The molecule has 0 N–H and O–H groups in total. The molecule has 0 atom stereocenters. The van der Waals surface area contributed by atoms with Gasteiger partial charge in [0.25, 0.3) is 0 Å². The largest absolute Gasteiger partial charge is 0.465 e. The van der Waals surface area contributed by atoms with Crippen LogP contribution in [0.25, 0.3) is 0 Å². The van der Waals surface area contributed by atoms with Crippen molar-refractivity contribution in [1.29, 1.82) is 5.26 Å². The predicted octanol–water partition coefficient (Wildman–Crippen LogP) is 1.95. The van der Waals surface area contributed by atoms with E-state index in [1.165, 1.54) is 13.2 Å². The number of hydrogen-bond donors (Lipinski definition) is 0. The summed E-state index contributed by atoms with van der Waals surface area (Å²) in [5.41, 5.74) is 0.892. The molecule has 0 amide bonds. The number of hydrogen-bond acceptors (Lipinski definition) is 3. The van der Waals surface area contributed by atoms with Gasteiger partial charge >= 0.3 is 5.97 Å². The second-order valence-corrected chi connectivity index (χ2v) is 3.46. The van der Waals surface area contributed by atoms with Gasteiger partial charge in [-0.05, 0) is 40.8 Å². The lowest BCUT2D eigenvalue weighted by molar-refractivity contribution is 0.0600. The van der Waals surface area contributed by atoms with Crippen molar-refractivity contribution >= 4 is 28.6 Å². The predicted molar refractivity (Wildman–Crippen MR) is 55.2 cm³/mol. The number of carbonyl (C=O) groups is 1. The number of benzene rings is 1. The van der Waals surface area contributed by atoms with Crippen LogP contribution in [0.3, 0.4) is 0 Å². The van der Waals surface area contributed by atoms with E-state index in [2.05, 4.69) is 4.74 Å². The van der Waals surface area contributed by atoms with E-state index in [-0.39, 0.29) is 0 Å². The maximum absolute atomic E-state index is 11.1. The summed E-state index contributed by atoms with van der Waals surface area (Å²) in [6.45, 7) is 0. The fourth-order valence-electron chi connectivity index (χ4n) is 0.856. The number of ether oxygens (including phenoxy) is 1. The Labute approximate surface area is 89.5 Å². The summed E-state index contributed by atoms with van der Waals surface area (Å²) in [5.74, 6) is -0.423. The van der Waals surface area contributed by atoms with Gasteiger partial charge in [0, 0.05) is 3.57 Å². The Morgan fingerprint density at radius 1 is 1.62 bits per heavy atom. The fourth-order valence-corrected chi connectivity index (χ4v) is 1.31. The van der Waals surface area contributed by atoms with Gasteiger partial charge in [-0.25, -0.2) is 4.79 Å². The molecule has 0 fully saturated rings. The number of rotatable bonds is 1. The molecule has 1 aromatic carbocycles. The van der Waals surface area contributed by atoms with E-state index in [1.54, 1.807) is 12.1 Å². The van der Waals surface area contributed by atoms with E-state index < -0.39 is 5.97 Å². The summed E-state index contributed by atoms with van der Waals surface area (Å²) in [6.07, 6.45) is 0. The maximum Gasteiger partial charge on any atom is 0.337 e. The van der Waals surface area contributed by atoms with Crippen molar-refractivity contribution in [3.63, 3.8) is 0 Å². The molecule has 1 rings (SSSR count). The van der Waals surface area contributed by atoms with Crippen LogP contribution in [0.1, 0.15) is 15.9 Å². The summed E-state index contributed by atoms with van der Waals surface area (Å²) in [6, 6.07) is 6.87. The van der Waals surface area contributed by atoms with E-state index in [0.717, 1.165) is 3.57 Å². The topological polar surface area (TPSA) is 50.1 Å². The van der Waals surface area contributed by atoms with Crippen LogP contribution in [0, 0.1) is 14.9 Å². The number of nitriles is 1. The van der Waals surface area contributed by atoms with Crippen LogP contribution < -0.4 is 0 Å². The molecular formula is C9H6INO2. The molecule has 66 valence electrons. The zero-order chi connectivity index (χ0) is 9.84. The first-order chi connectivity index (χ1) is 6.19.